The number of benzene rings is 1. The summed E-state index contributed by atoms with van der Waals surface area (Å²) in [4.78, 5) is 28.9. The van der Waals surface area contributed by atoms with Gasteiger partial charge in [-0.2, -0.15) is 0 Å². The molecule has 0 atom stereocenters. The van der Waals surface area contributed by atoms with Crippen molar-refractivity contribution in [3.8, 4) is 5.75 Å². The molecule has 1 amide bonds. The molecule has 1 heterocycles. The summed E-state index contributed by atoms with van der Waals surface area (Å²) in [7, 11) is -0.864. The molecule has 0 saturated heterocycles. The number of nitrogens with zero attached hydrogens (tertiary/aromatic N) is 2. The fourth-order valence-corrected chi connectivity index (χ4v) is 1.94. The highest BCUT2D eigenvalue weighted by Crippen LogP contribution is 2.39. The normalized spacial score (nSPS) is 42.1. The van der Waals surface area contributed by atoms with Crippen molar-refractivity contribution in [3.05, 3.63) is 29.7 Å². The SMILES string of the molecule is [2H]COc1c([2H])c([2H])c(C2=NC3(N(C([2H])([2H])C(=O)Cl)C2=O)C([2H])([2H])C([2H])([2H])C([2H])([2H])C([2H])([2H])C3([2H])[2H])c([2H])c1[2H]. The first-order valence-electron chi connectivity index (χ1n) is 14.7. The molecule has 0 radical (unpaired) electrons. The summed E-state index contributed by atoms with van der Waals surface area (Å²) < 4.78 is 144. The lowest BCUT2D eigenvalue weighted by Crippen LogP contribution is -2.49. The third-order valence-corrected chi connectivity index (χ3v) is 2.87. The fourth-order valence-electron chi connectivity index (χ4n) is 1.85. The summed E-state index contributed by atoms with van der Waals surface area (Å²) in [6.07, 6.45) is -20.6. The van der Waals surface area contributed by atoms with Crippen LogP contribution in [-0.4, -0.2) is 41.0 Å². The molecule has 0 unspecified atom stereocenters. The smallest absolute Gasteiger partial charge is 0.275 e. The van der Waals surface area contributed by atoms with Gasteiger partial charge in [0.1, 0.15) is 17.1 Å². The Bertz CT molecular complexity index is 1290. The van der Waals surface area contributed by atoms with E-state index < -0.39 is 108 Å². The largest absolute Gasteiger partial charge is 0.497 e. The molecule has 122 valence electrons. The Labute approximate surface area is 164 Å². The third kappa shape index (κ3) is 2.98. The molecule has 5 nitrogen and oxygen atoms in total. The molecule has 6 heteroatoms. The second-order valence-electron chi connectivity index (χ2n) is 4.13. The second kappa shape index (κ2) is 6.32. The average molecular weight is 352 g/mol. The van der Waals surface area contributed by atoms with E-state index in [1.807, 2.05) is 0 Å². The molecule has 3 rings (SSSR count). The Morgan fingerprint density at radius 1 is 1.48 bits per heavy atom. The minimum atomic E-state index is -4.21. The molecule has 1 aromatic carbocycles. The van der Waals surface area contributed by atoms with E-state index in [-0.39, 0.29) is 0 Å². The van der Waals surface area contributed by atoms with Crippen LogP contribution in [0.4, 0.5) is 0 Å². The molecule has 0 bridgehead atoms. The topological polar surface area (TPSA) is 59.0 Å². The number of rotatable bonds is 4. The van der Waals surface area contributed by atoms with E-state index in [4.69, 9.17) is 39.6 Å². The van der Waals surface area contributed by atoms with E-state index in [9.17, 15) is 9.59 Å². The third-order valence-electron chi connectivity index (χ3n) is 2.78. The number of amides is 1. The van der Waals surface area contributed by atoms with E-state index >= 15 is 0 Å². The van der Waals surface area contributed by atoms with E-state index in [2.05, 4.69) is 4.99 Å². The molecule has 1 fully saturated rings. The van der Waals surface area contributed by atoms with Crippen molar-refractivity contribution in [1.29, 1.82) is 0 Å². The van der Waals surface area contributed by atoms with Gasteiger partial charge >= 0.3 is 0 Å². The number of carbonyl (C=O) groups is 2. The first-order valence-corrected chi connectivity index (χ1v) is 6.34. The first-order chi connectivity index (χ1) is 17.8. The van der Waals surface area contributed by atoms with Gasteiger partial charge in [-0.1, -0.05) is 6.37 Å². The highest BCUT2D eigenvalue weighted by molar-refractivity contribution is 6.64. The molecular weight excluding hydrogens is 316 g/mol. The van der Waals surface area contributed by atoms with Crippen LogP contribution in [0.1, 0.15) is 60.7 Å². The van der Waals surface area contributed by atoms with Crippen molar-refractivity contribution >= 4 is 28.5 Å². The lowest BCUT2D eigenvalue weighted by molar-refractivity contribution is -0.132. The molecule has 1 aliphatic carbocycles. The van der Waals surface area contributed by atoms with Crippen molar-refractivity contribution < 1.29 is 37.6 Å². The average Bonchev–Trinajstić information content (AvgIpc) is 3.14. The Morgan fingerprint density at radius 3 is 2.78 bits per heavy atom. The summed E-state index contributed by atoms with van der Waals surface area (Å²) in [5, 5.41) is -2.10. The molecule has 1 spiro atoms. The van der Waals surface area contributed by atoms with Gasteiger partial charge in [0.15, 0.2) is 0 Å². The van der Waals surface area contributed by atoms with E-state index in [0.29, 0.717) is 0 Å². The molecule has 1 saturated carbocycles. The zero-order valence-corrected chi connectivity index (χ0v) is 12.0. The number of hydrogen-bond donors (Lipinski definition) is 0. The number of carbonyl (C=O) groups excluding carboxylic acids is 2. The van der Waals surface area contributed by atoms with E-state index in [0.717, 1.165) is 0 Å². The maximum atomic E-state index is 13.7. The molecule has 23 heavy (non-hydrogen) atoms. The highest BCUT2D eigenvalue weighted by atomic mass is 35.5. The molecule has 2 aliphatic rings. The summed E-state index contributed by atoms with van der Waals surface area (Å²) in [6.45, 7) is -3.98. The van der Waals surface area contributed by atoms with Crippen LogP contribution < -0.4 is 4.74 Å². The summed E-state index contributed by atoms with van der Waals surface area (Å²) in [5.41, 5.74) is -6.64. The zero-order chi connectivity index (χ0) is 31.4. The van der Waals surface area contributed by atoms with Gasteiger partial charge in [-0.25, -0.2) is 0 Å². The van der Waals surface area contributed by atoms with Crippen LogP contribution in [-0.2, 0) is 9.59 Å². The van der Waals surface area contributed by atoms with Gasteiger partial charge in [-0.05, 0) is 61.3 Å². The first kappa shape index (κ1) is 5.31. The Balaban J connectivity index is 2.62. The lowest BCUT2D eigenvalue weighted by Gasteiger charge is -2.38. The minimum Gasteiger partial charge on any atom is -0.497 e. The van der Waals surface area contributed by atoms with Gasteiger partial charge in [-0.15, -0.1) is 0 Å². The van der Waals surface area contributed by atoms with Crippen molar-refractivity contribution in [2.75, 3.05) is 13.6 Å². The van der Waals surface area contributed by atoms with Crippen LogP contribution >= 0.6 is 11.6 Å². The fraction of sp³-hybridized carbons (Fsp3) is 0.471. The quantitative estimate of drug-likeness (QED) is 0.784. The molecule has 1 aromatic rings. The number of hydrogen-bond acceptors (Lipinski definition) is 4. The summed E-state index contributed by atoms with van der Waals surface area (Å²) in [6, 6.07) is -4.27. The van der Waals surface area contributed by atoms with Crippen molar-refractivity contribution in [2.45, 2.75) is 37.5 Å². The van der Waals surface area contributed by atoms with Crippen LogP contribution in [0.2, 0.25) is 0 Å². The van der Waals surface area contributed by atoms with Gasteiger partial charge in [0.2, 0.25) is 5.24 Å². The molecule has 1 aliphatic heterocycles. The van der Waals surface area contributed by atoms with Crippen LogP contribution in [0.25, 0.3) is 0 Å². The van der Waals surface area contributed by atoms with Crippen LogP contribution in [0.3, 0.4) is 0 Å². The minimum absolute atomic E-state index is 0.615. The molecule has 0 N–H and O–H groups in total. The van der Waals surface area contributed by atoms with Crippen LogP contribution in [0, 0.1) is 0 Å². The standard InChI is InChI=1S/C17H19ClN2O3/c1-23-13-7-5-12(6-8-13)15-16(22)20(11-14(18)21)17(19-15)9-3-2-4-10-17/h5-8H,2-4,9-11H2,1H3/i1D,2D2,3D2,4D2,5D,6D,7D,8D,9D2,10D2,11D2. The number of halogens is 1. The maximum Gasteiger partial charge on any atom is 0.275 e. The van der Waals surface area contributed by atoms with Gasteiger partial charge in [0, 0.05) is 19.3 Å². The predicted octanol–water partition coefficient (Wildman–Crippen LogP) is 2.75. The second-order valence-corrected chi connectivity index (χ2v) is 4.48. The number of ether oxygens (including phenoxy) is 1. The van der Waals surface area contributed by atoms with E-state index in [1.165, 1.54) is 0 Å². The predicted molar refractivity (Wildman–Crippen MR) is 87.9 cm³/mol. The Hall–Kier alpha value is -1.88. The molecule has 0 aromatic heterocycles. The zero-order valence-electron chi connectivity index (χ0n) is 28.2. The molecular formula is C17H19ClN2O3. The van der Waals surface area contributed by atoms with Gasteiger partial charge in [-0.3, -0.25) is 14.6 Å². The van der Waals surface area contributed by atoms with Crippen molar-refractivity contribution in [3.63, 3.8) is 0 Å². The van der Waals surface area contributed by atoms with Gasteiger partial charge < -0.3 is 9.64 Å². The summed E-state index contributed by atoms with van der Waals surface area (Å²) in [5.74, 6) is -2.77. The highest BCUT2D eigenvalue weighted by Gasteiger charge is 2.48. The van der Waals surface area contributed by atoms with Gasteiger partial charge in [0.25, 0.3) is 5.91 Å². The van der Waals surface area contributed by atoms with Crippen molar-refractivity contribution in [1.82, 2.24) is 4.90 Å². The maximum absolute atomic E-state index is 13.7. The number of aliphatic imine (C=N–C) groups is 1. The van der Waals surface area contributed by atoms with Crippen LogP contribution in [0.15, 0.2) is 29.2 Å². The Kier molecular flexibility index (Phi) is 1.46. The van der Waals surface area contributed by atoms with Gasteiger partial charge in [0.05, 0.1) is 23.2 Å². The summed E-state index contributed by atoms with van der Waals surface area (Å²) >= 11 is 5.33. The van der Waals surface area contributed by atoms with Crippen molar-refractivity contribution in [2.24, 2.45) is 4.99 Å². The van der Waals surface area contributed by atoms with Crippen LogP contribution in [0.5, 0.6) is 5.75 Å². The lowest BCUT2D eigenvalue weighted by atomic mass is 9.88. The Morgan fingerprint density at radius 2 is 2.17 bits per heavy atom. The monoisotopic (exact) mass is 351 g/mol. The van der Waals surface area contributed by atoms with E-state index in [1.54, 1.807) is 0 Å². The number of methoxy groups -OCH3 is 1.